The number of carbonyl (C=O) groups is 1. The number of fused-ring (bicyclic) bond motifs is 1. The lowest BCUT2D eigenvalue weighted by molar-refractivity contribution is 0.0558. The van der Waals surface area contributed by atoms with Crippen LogP contribution < -0.4 is 0 Å². The maximum atomic E-state index is 13.0. The second-order valence-corrected chi connectivity index (χ2v) is 4.76. The molecule has 1 aliphatic heterocycles. The summed E-state index contributed by atoms with van der Waals surface area (Å²) in [5.41, 5.74) is 1.22. The summed E-state index contributed by atoms with van der Waals surface area (Å²) in [5.74, 6) is -1.96. The molecule has 106 valence electrons. The number of imidazole rings is 1. The van der Waals surface area contributed by atoms with E-state index in [4.69, 9.17) is 9.84 Å². The van der Waals surface area contributed by atoms with Crippen molar-refractivity contribution in [3.63, 3.8) is 0 Å². The van der Waals surface area contributed by atoms with Crippen molar-refractivity contribution in [2.75, 3.05) is 13.2 Å². The first-order chi connectivity index (χ1) is 9.58. The van der Waals surface area contributed by atoms with Crippen LogP contribution >= 0.6 is 0 Å². The van der Waals surface area contributed by atoms with Crippen LogP contribution in [0.3, 0.4) is 0 Å². The van der Waals surface area contributed by atoms with Gasteiger partial charge in [0.25, 0.3) is 0 Å². The average Bonchev–Trinajstić information content (AvgIpc) is 3.03. The number of carboxylic acids is 1. The zero-order chi connectivity index (χ0) is 14.3. The summed E-state index contributed by atoms with van der Waals surface area (Å²) in [5, 5.41) is 9.00. The number of aromatic nitrogens is 2. The van der Waals surface area contributed by atoms with E-state index in [1.807, 2.05) is 0 Å². The predicted octanol–water partition coefficient (Wildman–Crippen LogP) is 2.19. The number of hydrogen-bond donors (Lipinski definition) is 1. The highest BCUT2D eigenvalue weighted by Gasteiger charge is 2.37. The van der Waals surface area contributed by atoms with E-state index in [-0.39, 0.29) is 18.8 Å². The number of alkyl halides is 2. The van der Waals surface area contributed by atoms with Gasteiger partial charge in [-0.1, -0.05) is 0 Å². The lowest BCUT2D eigenvalue weighted by atomic mass is 10.0. The SMILES string of the molecule is O=C(O)c1ccc2ncn([C@@H]3COC[C@@H]3C(F)F)c2c1. The van der Waals surface area contributed by atoms with Crippen molar-refractivity contribution in [2.45, 2.75) is 12.5 Å². The highest BCUT2D eigenvalue weighted by molar-refractivity contribution is 5.92. The molecule has 0 aliphatic carbocycles. The smallest absolute Gasteiger partial charge is 0.335 e. The number of carboxylic acid groups (broad SMARTS) is 1. The second-order valence-electron chi connectivity index (χ2n) is 4.76. The van der Waals surface area contributed by atoms with Gasteiger partial charge in [0, 0.05) is 0 Å². The molecule has 2 atom stereocenters. The summed E-state index contributed by atoms with van der Waals surface area (Å²) < 4.78 is 32.7. The first-order valence-corrected chi connectivity index (χ1v) is 6.13. The average molecular weight is 282 g/mol. The highest BCUT2D eigenvalue weighted by atomic mass is 19.3. The Kier molecular flexibility index (Phi) is 3.13. The fraction of sp³-hybridized carbons (Fsp3) is 0.385. The van der Waals surface area contributed by atoms with Gasteiger partial charge in [0.15, 0.2) is 0 Å². The quantitative estimate of drug-likeness (QED) is 0.937. The summed E-state index contributed by atoms with van der Waals surface area (Å²) in [4.78, 5) is 15.1. The molecule has 1 N–H and O–H groups in total. The van der Waals surface area contributed by atoms with Gasteiger partial charge in [0.2, 0.25) is 6.43 Å². The molecule has 2 heterocycles. The first-order valence-electron chi connectivity index (χ1n) is 6.13. The Labute approximate surface area is 112 Å². The maximum absolute atomic E-state index is 13.0. The monoisotopic (exact) mass is 282 g/mol. The molecule has 0 bridgehead atoms. The second kappa shape index (κ2) is 4.82. The van der Waals surface area contributed by atoms with Gasteiger partial charge in [0.05, 0.1) is 48.1 Å². The Morgan fingerprint density at radius 3 is 2.95 bits per heavy atom. The van der Waals surface area contributed by atoms with Gasteiger partial charge in [0.1, 0.15) is 0 Å². The molecule has 5 nitrogen and oxygen atoms in total. The largest absolute Gasteiger partial charge is 0.478 e. The van der Waals surface area contributed by atoms with Gasteiger partial charge in [-0.2, -0.15) is 0 Å². The third kappa shape index (κ3) is 2.03. The maximum Gasteiger partial charge on any atom is 0.335 e. The molecular formula is C13H12F2N2O3. The van der Waals surface area contributed by atoms with Crippen molar-refractivity contribution in [1.82, 2.24) is 9.55 Å². The Morgan fingerprint density at radius 1 is 1.45 bits per heavy atom. The molecule has 1 aromatic heterocycles. The van der Waals surface area contributed by atoms with Crippen LogP contribution in [0.2, 0.25) is 0 Å². The minimum atomic E-state index is -2.48. The van der Waals surface area contributed by atoms with E-state index < -0.39 is 24.4 Å². The Bertz CT molecular complexity index is 656. The number of aromatic carboxylic acids is 1. The lowest BCUT2D eigenvalue weighted by Crippen LogP contribution is -2.23. The molecular weight excluding hydrogens is 270 g/mol. The van der Waals surface area contributed by atoms with Crippen LogP contribution in [0.5, 0.6) is 0 Å². The van der Waals surface area contributed by atoms with Crippen LogP contribution in [-0.4, -0.2) is 40.3 Å². The van der Waals surface area contributed by atoms with E-state index in [1.165, 1.54) is 18.5 Å². The first kappa shape index (κ1) is 13.0. The Morgan fingerprint density at radius 2 is 2.25 bits per heavy atom. The molecule has 0 unspecified atom stereocenters. The van der Waals surface area contributed by atoms with Crippen molar-refractivity contribution in [3.8, 4) is 0 Å². The summed E-state index contributed by atoms with van der Waals surface area (Å²) in [6, 6.07) is 3.94. The van der Waals surface area contributed by atoms with Crippen LogP contribution in [0.25, 0.3) is 11.0 Å². The van der Waals surface area contributed by atoms with Crippen LogP contribution in [0, 0.1) is 5.92 Å². The van der Waals surface area contributed by atoms with Gasteiger partial charge >= 0.3 is 5.97 Å². The number of nitrogens with zero attached hydrogens (tertiary/aromatic N) is 2. The normalized spacial score (nSPS) is 22.8. The molecule has 0 spiro atoms. The van der Waals surface area contributed by atoms with Crippen LogP contribution in [0.1, 0.15) is 16.4 Å². The molecule has 2 aromatic rings. The minimum Gasteiger partial charge on any atom is -0.478 e. The summed E-state index contributed by atoms with van der Waals surface area (Å²) >= 11 is 0. The van der Waals surface area contributed by atoms with E-state index in [0.29, 0.717) is 11.0 Å². The van der Waals surface area contributed by atoms with E-state index >= 15 is 0 Å². The molecule has 20 heavy (non-hydrogen) atoms. The lowest BCUT2D eigenvalue weighted by Gasteiger charge is -2.19. The zero-order valence-corrected chi connectivity index (χ0v) is 10.4. The summed E-state index contributed by atoms with van der Waals surface area (Å²) in [6.45, 7) is 0.179. The van der Waals surface area contributed by atoms with Gasteiger partial charge < -0.3 is 14.4 Å². The third-order valence-corrected chi connectivity index (χ3v) is 3.60. The standard InChI is InChI=1S/C13H12F2N2O3/c14-12(15)8-4-20-5-11(8)17-6-16-9-2-1-7(13(18)19)3-10(9)17/h1-3,6,8,11-12H,4-5H2,(H,18,19)/t8-,11+/m0/s1. The molecule has 1 saturated heterocycles. The van der Waals surface area contributed by atoms with Crippen molar-refractivity contribution >= 4 is 17.0 Å². The molecule has 3 rings (SSSR count). The number of halogens is 2. The molecule has 1 aliphatic rings. The van der Waals surface area contributed by atoms with Gasteiger partial charge in [-0.25, -0.2) is 18.6 Å². The number of benzene rings is 1. The van der Waals surface area contributed by atoms with Crippen molar-refractivity contribution < 1.29 is 23.4 Å². The summed E-state index contributed by atoms with van der Waals surface area (Å²) in [7, 11) is 0. The van der Waals surface area contributed by atoms with Gasteiger partial charge in [-0.05, 0) is 18.2 Å². The summed E-state index contributed by atoms with van der Waals surface area (Å²) in [6.07, 6.45) is -1.02. The number of rotatable bonds is 3. The van der Waals surface area contributed by atoms with Crippen molar-refractivity contribution in [3.05, 3.63) is 30.1 Å². The third-order valence-electron chi connectivity index (χ3n) is 3.60. The van der Waals surface area contributed by atoms with Crippen molar-refractivity contribution in [2.24, 2.45) is 5.92 Å². The predicted molar refractivity (Wildman–Crippen MR) is 66.0 cm³/mol. The number of ether oxygens (including phenoxy) is 1. The molecule has 1 fully saturated rings. The molecule has 7 heteroatoms. The van der Waals surface area contributed by atoms with Crippen LogP contribution in [0.4, 0.5) is 8.78 Å². The van der Waals surface area contributed by atoms with E-state index in [0.717, 1.165) is 0 Å². The highest BCUT2D eigenvalue weighted by Crippen LogP contribution is 2.33. The van der Waals surface area contributed by atoms with Crippen molar-refractivity contribution in [1.29, 1.82) is 0 Å². The zero-order valence-electron chi connectivity index (χ0n) is 10.4. The van der Waals surface area contributed by atoms with Crippen LogP contribution in [0.15, 0.2) is 24.5 Å². The Hall–Kier alpha value is -2.02. The molecule has 0 amide bonds. The fourth-order valence-corrected chi connectivity index (χ4v) is 2.51. The topological polar surface area (TPSA) is 64.3 Å². The Balaban J connectivity index is 2.07. The van der Waals surface area contributed by atoms with Gasteiger partial charge in [-0.3, -0.25) is 0 Å². The number of hydrogen-bond acceptors (Lipinski definition) is 3. The van der Waals surface area contributed by atoms with E-state index in [9.17, 15) is 13.6 Å². The van der Waals surface area contributed by atoms with Crippen LogP contribution in [-0.2, 0) is 4.74 Å². The molecule has 1 aromatic carbocycles. The minimum absolute atomic E-state index is 0.000623. The van der Waals surface area contributed by atoms with Gasteiger partial charge in [-0.15, -0.1) is 0 Å². The fourth-order valence-electron chi connectivity index (χ4n) is 2.51. The molecule has 0 saturated carbocycles. The molecule has 0 radical (unpaired) electrons. The van der Waals surface area contributed by atoms with E-state index in [1.54, 1.807) is 10.6 Å². The van der Waals surface area contributed by atoms with E-state index in [2.05, 4.69) is 4.98 Å².